The Morgan fingerprint density at radius 3 is 2.05 bits per heavy atom. The average Bonchev–Trinajstić information content (AvgIpc) is 2.40. The Labute approximate surface area is 116 Å². The highest BCUT2D eigenvalue weighted by Gasteiger charge is 2.01. The van der Waals surface area contributed by atoms with Crippen LogP contribution in [-0.2, 0) is 19.1 Å². The van der Waals surface area contributed by atoms with Gasteiger partial charge < -0.3 is 9.47 Å². The standard InChI is InChI=1S/C15H26O4/c1-3-5-7-12-18-14(16)10-9-11-15(17)19-13-8-6-4-2/h9-10H,3-8,11-13H2,1-2H3. The van der Waals surface area contributed by atoms with Gasteiger partial charge in [0.05, 0.1) is 19.6 Å². The summed E-state index contributed by atoms with van der Waals surface area (Å²) in [6.07, 6.45) is 8.99. The van der Waals surface area contributed by atoms with Crippen LogP contribution < -0.4 is 0 Å². The predicted molar refractivity (Wildman–Crippen MR) is 74.7 cm³/mol. The highest BCUT2D eigenvalue weighted by molar-refractivity contribution is 5.83. The van der Waals surface area contributed by atoms with Gasteiger partial charge in [0.15, 0.2) is 0 Å². The minimum absolute atomic E-state index is 0.121. The topological polar surface area (TPSA) is 52.6 Å². The van der Waals surface area contributed by atoms with Gasteiger partial charge in [0.1, 0.15) is 0 Å². The quantitative estimate of drug-likeness (QED) is 0.328. The maximum absolute atomic E-state index is 11.3. The molecule has 110 valence electrons. The number of carbonyl (C=O) groups is 2. The molecule has 0 N–H and O–H groups in total. The Kier molecular flexibility index (Phi) is 12.2. The zero-order valence-corrected chi connectivity index (χ0v) is 12.2. The van der Waals surface area contributed by atoms with Crippen LogP contribution in [0.25, 0.3) is 0 Å². The summed E-state index contributed by atoms with van der Waals surface area (Å²) < 4.78 is 9.96. The van der Waals surface area contributed by atoms with Crippen LogP contribution >= 0.6 is 0 Å². The molecule has 0 aromatic heterocycles. The molecule has 0 bridgehead atoms. The van der Waals surface area contributed by atoms with Crippen molar-refractivity contribution < 1.29 is 19.1 Å². The first kappa shape index (κ1) is 17.7. The zero-order chi connectivity index (χ0) is 14.3. The van der Waals surface area contributed by atoms with Gasteiger partial charge in [-0.1, -0.05) is 45.6 Å². The lowest BCUT2D eigenvalue weighted by atomic mass is 10.3. The average molecular weight is 270 g/mol. The number of unbranched alkanes of at least 4 members (excludes halogenated alkanes) is 4. The van der Waals surface area contributed by atoms with Crippen LogP contribution in [0.3, 0.4) is 0 Å². The molecule has 19 heavy (non-hydrogen) atoms. The van der Waals surface area contributed by atoms with Crippen molar-refractivity contribution in [2.24, 2.45) is 0 Å². The van der Waals surface area contributed by atoms with Gasteiger partial charge in [-0.15, -0.1) is 0 Å². The van der Waals surface area contributed by atoms with Gasteiger partial charge in [-0.3, -0.25) is 4.79 Å². The lowest BCUT2D eigenvalue weighted by Gasteiger charge is -2.02. The van der Waals surface area contributed by atoms with E-state index in [1.807, 2.05) is 0 Å². The number of hydrogen-bond donors (Lipinski definition) is 0. The van der Waals surface area contributed by atoms with Crippen molar-refractivity contribution >= 4 is 11.9 Å². The van der Waals surface area contributed by atoms with Crippen LogP contribution in [0.1, 0.15) is 58.8 Å². The maximum atomic E-state index is 11.3. The Morgan fingerprint density at radius 2 is 1.47 bits per heavy atom. The molecular formula is C15H26O4. The van der Waals surface area contributed by atoms with Crippen LogP contribution in [0.2, 0.25) is 0 Å². The lowest BCUT2D eigenvalue weighted by molar-refractivity contribution is -0.142. The fourth-order valence-electron chi connectivity index (χ4n) is 1.42. The summed E-state index contributed by atoms with van der Waals surface area (Å²) >= 11 is 0. The molecule has 0 atom stereocenters. The van der Waals surface area contributed by atoms with Crippen molar-refractivity contribution in [2.75, 3.05) is 13.2 Å². The fraction of sp³-hybridized carbons (Fsp3) is 0.733. The number of ether oxygens (including phenoxy) is 2. The van der Waals surface area contributed by atoms with Crippen molar-refractivity contribution in [3.8, 4) is 0 Å². The van der Waals surface area contributed by atoms with Crippen LogP contribution in [-0.4, -0.2) is 25.2 Å². The number of rotatable bonds is 11. The molecule has 0 saturated carbocycles. The first-order valence-corrected chi connectivity index (χ1v) is 7.19. The second-order valence-corrected chi connectivity index (χ2v) is 4.41. The first-order chi connectivity index (χ1) is 9.20. The van der Waals surface area contributed by atoms with E-state index in [0.29, 0.717) is 13.2 Å². The van der Waals surface area contributed by atoms with Crippen LogP contribution in [0.15, 0.2) is 12.2 Å². The molecule has 0 radical (unpaired) electrons. The maximum Gasteiger partial charge on any atom is 0.330 e. The normalized spacial score (nSPS) is 10.6. The summed E-state index contributed by atoms with van der Waals surface area (Å²) in [5, 5.41) is 0. The van der Waals surface area contributed by atoms with Crippen LogP contribution in [0.5, 0.6) is 0 Å². The van der Waals surface area contributed by atoms with Gasteiger partial charge in [0.2, 0.25) is 0 Å². The minimum atomic E-state index is -0.394. The number of esters is 2. The largest absolute Gasteiger partial charge is 0.465 e. The van der Waals surface area contributed by atoms with Crippen molar-refractivity contribution in [3.05, 3.63) is 12.2 Å². The highest BCUT2D eigenvalue weighted by Crippen LogP contribution is 1.98. The molecule has 0 aliphatic heterocycles. The predicted octanol–water partition coefficient (Wildman–Crippen LogP) is 3.40. The molecule has 0 aromatic rings. The molecule has 0 fully saturated rings. The molecule has 0 spiro atoms. The molecule has 4 nitrogen and oxygen atoms in total. The van der Waals surface area contributed by atoms with Gasteiger partial charge in [-0.25, -0.2) is 4.79 Å². The zero-order valence-electron chi connectivity index (χ0n) is 12.2. The molecular weight excluding hydrogens is 244 g/mol. The molecule has 4 heteroatoms. The van der Waals surface area contributed by atoms with E-state index >= 15 is 0 Å². The van der Waals surface area contributed by atoms with E-state index in [-0.39, 0.29) is 12.4 Å². The molecule has 0 aliphatic rings. The fourth-order valence-corrected chi connectivity index (χ4v) is 1.42. The van der Waals surface area contributed by atoms with E-state index in [4.69, 9.17) is 9.47 Å². The molecule has 0 aliphatic carbocycles. The van der Waals surface area contributed by atoms with Gasteiger partial charge in [-0.2, -0.15) is 0 Å². The van der Waals surface area contributed by atoms with E-state index in [9.17, 15) is 9.59 Å². The van der Waals surface area contributed by atoms with Crippen molar-refractivity contribution in [3.63, 3.8) is 0 Å². The summed E-state index contributed by atoms with van der Waals surface area (Å²) in [5.74, 6) is -0.693. The lowest BCUT2D eigenvalue weighted by Crippen LogP contribution is -2.05. The Morgan fingerprint density at radius 1 is 0.895 bits per heavy atom. The van der Waals surface area contributed by atoms with Crippen LogP contribution in [0.4, 0.5) is 0 Å². The molecule has 0 rings (SSSR count). The third kappa shape index (κ3) is 12.9. The summed E-state index contributed by atoms with van der Waals surface area (Å²) in [5.41, 5.74) is 0. The van der Waals surface area contributed by atoms with E-state index in [1.54, 1.807) is 0 Å². The Hall–Kier alpha value is -1.32. The first-order valence-electron chi connectivity index (χ1n) is 7.19. The number of carbonyl (C=O) groups excluding carboxylic acids is 2. The van der Waals surface area contributed by atoms with E-state index < -0.39 is 5.97 Å². The summed E-state index contributed by atoms with van der Waals surface area (Å²) in [4.78, 5) is 22.5. The Bertz CT molecular complexity index is 271. The monoisotopic (exact) mass is 270 g/mol. The van der Waals surface area contributed by atoms with E-state index in [1.165, 1.54) is 12.2 Å². The number of hydrogen-bond acceptors (Lipinski definition) is 4. The van der Waals surface area contributed by atoms with E-state index in [2.05, 4.69) is 13.8 Å². The van der Waals surface area contributed by atoms with Gasteiger partial charge >= 0.3 is 11.9 Å². The summed E-state index contributed by atoms with van der Waals surface area (Å²) in [7, 11) is 0. The van der Waals surface area contributed by atoms with Gasteiger partial charge in [-0.05, 0) is 12.8 Å². The Balaban J connectivity index is 3.53. The SMILES string of the molecule is CCCCCOC(=O)C=CCC(=O)OCCCCC. The molecule has 0 heterocycles. The van der Waals surface area contributed by atoms with Crippen LogP contribution in [0, 0.1) is 0 Å². The van der Waals surface area contributed by atoms with Gasteiger partial charge in [0.25, 0.3) is 0 Å². The smallest absolute Gasteiger partial charge is 0.330 e. The summed E-state index contributed by atoms with van der Waals surface area (Å²) in [6, 6.07) is 0. The van der Waals surface area contributed by atoms with Crippen molar-refractivity contribution in [2.45, 2.75) is 58.8 Å². The second kappa shape index (κ2) is 13.1. The third-order valence-electron chi connectivity index (χ3n) is 2.54. The molecule has 0 saturated heterocycles. The second-order valence-electron chi connectivity index (χ2n) is 4.41. The minimum Gasteiger partial charge on any atom is -0.465 e. The molecule has 0 amide bonds. The van der Waals surface area contributed by atoms with Crippen molar-refractivity contribution in [1.29, 1.82) is 0 Å². The van der Waals surface area contributed by atoms with Gasteiger partial charge in [0, 0.05) is 6.08 Å². The highest BCUT2D eigenvalue weighted by atomic mass is 16.5. The van der Waals surface area contributed by atoms with Crippen molar-refractivity contribution in [1.82, 2.24) is 0 Å². The third-order valence-corrected chi connectivity index (χ3v) is 2.54. The molecule has 0 aromatic carbocycles. The summed E-state index contributed by atoms with van der Waals surface area (Å²) in [6.45, 7) is 5.09. The molecule has 0 unspecified atom stereocenters. The van der Waals surface area contributed by atoms with E-state index in [0.717, 1.165) is 38.5 Å².